The summed E-state index contributed by atoms with van der Waals surface area (Å²) < 4.78 is 0. The molecule has 2 aromatic rings. The number of aromatic amines is 1. The molecule has 3 aliphatic rings. The Bertz CT molecular complexity index is 839. The number of carbonyl (C=O) groups excluding carboxylic acids is 1. The number of hydrogen-bond acceptors (Lipinski definition) is 4. The number of H-pyrrole nitrogens is 1. The second-order valence-corrected chi connectivity index (χ2v) is 7.15. The van der Waals surface area contributed by atoms with E-state index in [1.54, 1.807) is 12.1 Å². The van der Waals surface area contributed by atoms with Crippen molar-refractivity contribution in [2.45, 2.75) is 32.2 Å². The van der Waals surface area contributed by atoms with Gasteiger partial charge in [0.1, 0.15) is 0 Å². The third-order valence-electron chi connectivity index (χ3n) is 5.62. The summed E-state index contributed by atoms with van der Waals surface area (Å²) in [5.41, 5.74) is 0.402. The molecule has 6 heteroatoms. The molecule has 1 N–H and O–H groups in total. The van der Waals surface area contributed by atoms with Gasteiger partial charge < -0.3 is 9.80 Å². The molecular weight excluding hydrogens is 316 g/mol. The van der Waals surface area contributed by atoms with E-state index in [0.29, 0.717) is 23.4 Å². The zero-order valence-electron chi connectivity index (χ0n) is 14.6. The summed E-state index contributed by atoms with van der Waals surface area (Å²) in [6, 6.07) is 7.39. The predicted octanol–water partition coefficient (Wildman–Crippen LogP) is 1.87. The number of piperidine rings is 3. The molecule has 1 aromatic heterocycles. The predicted molar refractivity (Wildman–Crippen MR) is 96.6 cm³/mol. The topological polar surface area (TPSA) is 69.3 Å². The quantitative estimate of drug-likeness (QED) is 0.922. The van der Waals surface area contributed by atoms with Gasteiger partial charge in [-0.15, -0.1) is 0 Å². The number of benzene rings is 1. The molecule has 3 aliphatic heterocycles. The highest BCUT2D eigenvalue weighted by atomic mass is 16.2. The fourth-order valence-electron chi connectivity index (χ4n) is 4.30. The van der Waals surface area contributed by atoms with Gasteiger partial charge in [-0.2, -0.15) is 5.10 Å². The van der Waals surface area contributed by atoms with Crippen molar-refractivity contribution in [3.63, 3.8) is 0 Å². The summed E-state index contributed by atoms with van der Waals surface area (Å²) in [5, 5.41) is 7.51. The zero-order valence-corrected chi connectivity index (χ0v) is 14.6. The highest BCUT2D eigenvalue weighted by molar-refractivity contribution is 5.95. The SMILES string of the molecule is CCCN(C(=O)c1n[nH]c2ccccc2c1=O)C1CN2CCC1CC2. The maximum Gasteiger partial charge on any atom is 0.278 e. The molecule has 0 aliphatic carbocycles. The maximum absolute atomic E-state index is 13.2. The third kappa shape index (κ3) is 2.84. The monoisotopic (exact) mass is 340 g/mol. The Morgan fingerprint density at radius 1 is 1.32 bits per heavy atom. The van der Waals surface area contributed by atoms with Crippen molar-refractivity contribution in [3.8, 4) is 0 Å². The van der Waals surface area contributed by atoms with Gasteiger partial charge in [-0.3, -0.25) is 14.7 Å². The average molecular weight is 340 g/mol. The summed E-state index contributed by atoms with van der Waals surface area (Å²) in [4.78, 5) is 30.3. The van der Waals surface area contributed by atoms with Gasteiger partial charge in [0.05, 0.1) is 5.52 Å². The Morgan fingerprint density at radius 2 is 2.08 bits per heavy atom. The molecule has 1 amide bonds. The lowest BCUT2D eigenvalue weighted by Gasteiger charge is -2.49. The van der Waals surface area contributed by atoms with Gasteiger partial charge in [0.25, 0.3) is 5.91 Å². The van der Waals surface area contributed by atoms with E-state index in [-0.39, 0.29) is 23.1 Å². The number of carbonyl (C=O) groups is 1. The Hall–Kier alpha value is -2.21. The van der Waals surface area contributed by atoms with E-state index in [9.17, 15) is 9.59 Å². The first-order chi connectivity index (χ1) is 12.2. The molecule has 1 unspecified atom stereocenters. The van der Waals surface area contributed by atoms with Crippen molar-refractivity contribution >= 4 is 16.8 Å². The van der Waals surface area contributed by atoms with Crippen LogP contribution in [0.2, 0.25) is 0 Å². The van der Waals surface area contributed by atoms with Crippen LogP contribution in [0.25, 0.3) is 10.9 Å². The molecule has 5 rings (SSSR count). The molecule has 25 heavy (non-hydrogen) atoms. The average Bonchev–Trinajstić information content (AvgIpc) is 2.67. The van der Waals surface area contributed by atoms with Crippen LogP contribution in [0.1, 0.15) is 36.7 Å². The number of para-hydroxylation sites is 1. The molecule has 6 nitrogen and oxygen atoms in total. The van der Waals surface area contributed by atoms with Crippen LogP contribution in [0.15, 0.2) is 29.1 Å². The molecule has 0 radical (unpaired) electrons. The highest BCUT2D eigenvalue weighted by Crippen LogP contribution is 2.31. The molecular formula is C19H24N4O2. The highest BCUT2D eigenvalue weighted by Gasteiger charge is 2.40. The number of hydrogen-bond donors (Lipinski definition) is 1. The number of rotatable bonds is 4. The fourth-order valence-corrected chi connectivity index (χ4v) is 4.30. The minimum absolute atomic E-state index is 0.0172. The fraction of sp³-hybridized carbons (Fsp3) is 0.526. The molecule has 3 fully saturated rings. The van der Waals surface area contributed by atoms with E-state index in [0.717, 1.165) is 38.9 Å². The summed E-state index contributed by atoms with van der Waals surface area (Å²) in [5.74, 6) is 0.313. The minimum atomic E-state index is -0.276. The number of nitrogens with one attached hydrogen (secondary N) is 1. The Labute approximate surface area is 146 Å². The van der Waals surface area contributed by atoms with Crippen LogP contribution in [0.3, 0.4) is 0 Å². The van der Waals surface area contributed by atoms with Crippen molar-refractivity contribution in [1.82, 2.24) is 20.0 Å². The van der Waals surface area contributed by atoms with Crippen molar-refractivity contribution in [2.75, 3.05) is 26.2 Å². The largest absolute Gasteiger partial charge is 0.333 e. The molecule has 2 bridgehead atoms. The van der Waals surface area contributed by atoms with Crippen LogP contribution in [0.5, 0.6) is 0 Å². The van der Waals surface area contributed by atoms with Crippen LogP contribution in [-0.4, -0.2) is 58.1 Å². The van der Waals surface area contributed by atoms with Gasteiger partial charge in [0, 0.05) is 24.5 Å². The first kappa shape index (κ1) is 16.3. The zero-order chi connectivity index (χ0) is 17.4. The Balaban J connectivity index is 1.70. The first-order valence-electron chi connectivity index (χ1n) is 9.19. The molecule has 1 atom stereocenters. The summed E-state index contributed by atoms with van der Waals surface area (Å²) >= 11 is 0. The number of amides is 1. The lowest BCUT2D eigenvalue weighted by Crippen LogP contribution is -2.59. The van der Waals surface area contributed by atoms with E-state index < -0.39 is 0 Å². The summed E-state index contributed by atoms with van der Waals surface area (Å²) in [6.07, 6.45) is 3.15. The molecule has 132 valence electrons. The second kappa shape index (κ2) is 6.59. The molecule has 4 heterocycles. The van der Waals surface area contributed by atoms with Crippen molar-refractivity contribution in [1.29, 1.82) is 0 Å². The van der Waals surface area contributed by atoms with Gasteiger partial charge in [0.15, 0.2) is 5.69 Å². The van der Waals surface area contributed by atoms with Crippen molar-refractivity contribution in [3.05, 3.63) is 40.2 Å². The smallest absolute Gasteiger partial charge is 0.278 e. The standard InChI is InChI=1S/C19H24N4O2/c1-2-9-23(16-12-22-10-7-13(16)8-11-22)19(25)17-18(24)14-5-3-4-6-15(14)20-21-17/h3-6,13,16H,2,7-12H2,1H3,(H,20,24). The van der Waals surface area contributed by atoms with Crippen LogP contribution in [-0.2, 0) is 0 Å². The Morgan fingerprint density at radius 3 is 2.76 bits per heavy atom. The Kier molecular flexibility index (Phi) is 4.29. The van der Waals surface area contributed by atoms with Gasteiger partial charge in [-0.1, -0.05) is 19.1 Å². The van der Waals surface area contributed by atoms with Crippen LogP contribution in [0, 0.1) is 5.92 Å². The molecule has 0 saturated carbocycles. The summed E-state index contributed by atoms with van der Waals surface area (Å²) in [7, 11) is 0. The van der Waals surface area contributed by atoms with E-state index in [2.05, 4.69) is 22.0 Å². The summed E-state index contributed by atoms with van der Waals surface area (Å²) in [6.45, 7) is 5.91. The van der Waals surface area contributed by atoms with E-state index >= 15 is 0 Å². The molecule has 0 spiro atoms. The van der Waals surface area contributed by atoms with Gasteiger partial charge in [0.2, 0.25) is 5.43 Å². The lowest BCUT2D eigenvalue weighted by atomic mass is 9.83. The molecule has 1 aromatic carbocycles. The maximum atomic E-state index is 13.2. The normalized spacial score (nSPS) is 25.2. The molecule has 3 saturated heterocycles. The van der Waals surface area contributed by atoms with Crippen molar-refractivity contribution in [2.24, 2.45) is 5.92 Å². The third-order valence-corrected chi connectivity index (χ3v) is 5.62. The van der Waals surface area contributed by atoms with E-state index in [1.165, 1.54) is 0 Å². The van der Waals surface area contributed by atoms with Crippen LogP contribution in [0.4, 0.5) is 0 Å². The number of nitrogens with zero attached hydrogens (tertiary/aromatic N) is 3. The van der Waals surface area contributed by atoms with Gasteiger partial charge in [-0.05, 0) is 50.4 Å². The number of aromatic nitrogens is 2. The van der Waals surface area contributed by atoms with Crippen LogP contribution < -0.4 is 5.43 Å². The number of fused-ring (bicyclic) bond motifs is 4. The minimum Gasteiger partial charge on any atom is -0.333 e. The van der Waals surface area contributed by atoms with Gasteiger partial charge in [-0.25, -0.2) is 0 Å². The van der Waals surface area contributed by atoms with E-state index in [1.807, 2.05) is 17.0 Å². The second-order valence-electron chi connectivity index (χ2n) is 7.15. The van der Waals surface area contributed by atoms with Gasteiger partial charge >= 0.3 is 0 Å². The first-order valence-corrected chi connectivity index (χ1v) is 9.19. The lowest BCUT2D eigenvalue weighted by molar-refractivity contribution is 0.00706. The van der Waals surface area contributed by atoms with Crippen molar-refractivity contribution < 1.29 is 4.79 Å². The van der Waals surface area contributed by atoms with E-state index in [4.69, 9.17) is 0 Å². The van der Waals surface area contributed by atoms with Crippen LogP contribution >= 0.6 is 0 Å².